The van der Waals surface area contributed by atoms with Crippen LogP contribution in [-0.4, -0.2) is 32.9 Å². The number of hydrogen-bond donors (Lipinski definition) is 1. The first-order valence-corrected chi connectivity index (χ1v) is 8.36. The van der Waals surface area contributed by atoms with Crippen LogP contribution in [0.5, 0.6) is 5.75 Å². The Kier molecular flexibility index (Phi) is 4.55. The first-order chi connectivity index (χ1) is 9.48. The van der Waals surface area contributed by atoms with E-state index in [9.17, 15) is 8.42 Å². The minimum absolute atomic E-state index is 0.164. The van der Waals surface area contributed by atoms with E-state index < -0.39 is 10.0 Å². The van der Waals surface area contributed by atoms with Gasteiger partial charge >= 0.3 is 0 Å². The number of nitrogens with zero attached hydrogens (tertiary/aromatic N) is 1. The maximum atomic E-state index is 12.7. The van der Waals surface area contributed by atoms with E-state index in [0.717, 1.165) is 19.3 Å². The zero-order valence-corrected chi connectivity index (χ0v) is 12.8. The van der Waals surface area contributed by atoms with E-state index in [2.05, 4.69) is 6.92 Å². The lowest BCUT2D eigenvalue weighted by Gasteiger charge is -2.18. The summed E-state index contributed by atoms with van der Waals surface area (Å²) in [6.07, 6.45) is 3.08. The van der Waals surface area contributed by atoms with Gasteiger partial charge in [-0.2, -0.15) is 4.31 Å². The molecule has 2 N–H and O–H groups in total. The van der Waals surface area contributed by atoms with Crippen LogP contribution in [0.3, 0.4) is 0 Å². The summed E-state index contributed by atoms with van der Waals surface area (Å²) in [5.41, 5.74) is 6.14. The van der Waals surface area contributed by atoms with Crippen molar-refractivity contribution in [1.82, 2.24) is 4.31 Å². The predicted octanol–water partition coefficient (Wildman–Crippen LogP) is 2.09. The van der Waals surface area contributed by atoms with Crippen molar-refractivity contribution in [2.45, 2.75) is 31.1 Å². The molecule has 1 aromatic rings. The molecule has 1 atom stereocenters. The first kappa shape index (κ1) is 15.1. The third-order valence-electron chi connectivity index (χ3n) is 3.75. The number of methoxy groups -OCH3 is 1. The molecule has 2 rings (SSSR count). The number of benzene rings is 1. The molecule has 1 aliphatic rings. The Balaban J connectivity index is 2.29. The van der Waals surface area contributed by atoms with Gasteiger partial charge in [0, 0.05) is 18.8 Å². The molecule has 20 heavy (non-hydrogen) atoms. The molecule has 0 bridgehead atoms. The number of rotatable bonds is 5. The molecule has 1 fully saturated rings. The molecule has 1 heterocycles. The lowest BCUT2D eigenvalue weighted by Crippen LogP contribution is -2.29. The Morgan fingerprint density at radius 1 is 1.45 bits per heavy atom. The van der Waals surface area contributed by atoms with E-state index in [1.807, 2.05) is 0 Å². The highest BCUT2D eigenvalue weighted by atomic mass is 32.2. The largest absolute Gasteiger partial charge is 0.495 e. The van der Waals surface area contributed by atoms with Crippen LogP contribution in [0.1, 0.15) is 26.2 Å². The molecule has 1 aliphatic heterocycles. The number of hydrogen-bond acceptors (Lipinski definition) is 4. The molecule has 0 spiro atoms. The summed E-state index contributed by atoms with van der Waals surface area (Å²) in [7, 11) is -2.06. The maximum absolute atomic E-state index is 12.7. The van der Waals surface area contributed by atoms with Gasteiger partial charge in [-0.1, -0.05) is 13.3 Å². The van der Waals surface area contributed by atoms with Crippen molar-refractivity contribution in [3.63, 3.8) is 0 Å². The Hall–Kier alpha value is -1.27. The molecule has 1 unspecified atom stereocenters. The van der Waals surface area contributed by atoms with Crippen molar-refractivity contribution in [1.29, 1.82) is 0 Å². The van der Waals surface area contributed by atoms with E-state index in [-0.39, 0.29) is 4.90 Å². The summed E-state index contributed by atoms with van der Waals surface area (Å²) in [6, 6.07) is 4.71. The monoisotopic (exact) mass is 298 g/mol. The third kappa shape index (κ3) is 2.91. The summed E-state index contributed by atoms with van der Waals surface area (Å²) in [5.74, 6) is 0.806. The molecule has 5 nitrogen and oxygen atoms in total. The minimum Gasteiger partial charge on any atom is -0.495 e. The summed E-state index contributed by atoms with van der Waals surface area (Å²) in [4.78, 5) is 0.164. The van der Waals surface area contributed by atoms with E-state index >= 15 is 0 Å². The van der Waals surface area contributed by atoms with Crippen LogP contribution in [0, 0.1) is 5.92 Å². The molecular formula is C14H22N2O3S. The summed E-state index contributed by atoms with van der Waals surface area (Å²) in [6.45, 7) is 3.29. The number of nitrogens with two attached hydrogens (primary N) is 1. The summed E-state index contributed by atoms with van der Waals surface area (Å²) < 4.78 is 32.1. The van der Waals surface area contributed by atoms with E-state index in [1.165, 1.54) is 13.2 Å². The molecule has 0 aliphatic carbocycles. The van der Waals surface area contributed by atoms with Crippen molar-refractivity contribution in [3.05, 3.63) is 18.2 Å². The second kappa shape index (κ2) is 6.01. The number of nitrogen functional groups attached to an aromatic ring is 1. The quantitative estimate of drug-likeness (QED) is 0.845. The van der Waals surface area contributed by atoms with E-state index in [1.54, 1.807) is 16.4 Å². The smallest absolute Gasteiger partial charge is 0.246 e. The van der Waals surface area contributed by atoms with Crippen LogP contribution < -0.4 is 10.5 Å². The normalized spacial score (nSPS) is 20.2. The van der Waals surface area contributed by atoms with Gasteiger partial charge in [0.05, 0.1) is 7.11 Å². The van der Waals surface area contributed by atoms with Gasteiger partial charge in [-0.3, -0.25) is 0 Å². The fourth-order valence-electron chi connectivity index (χ4n) is 2.69. The highest BCUT2D eigenvalue weighted by molar-refractivity contribution is 7.89. The van der Waals surface area contributed by atoms with Gasteiger partial charge in [0.15, 0.2) is 0 Å². The van der Waals surface area contributed by atoms with Gasteiger partial charge in [-0.25, -0.2) is 8.42 Å². The van der Waals surface area contributed by atoms with Crippen LogP contribution in [-0.2, 0) is 10.0 Å². The number of sulfonamides is 1. The molecule has 1 aromatic carbocycles. The standard InChI is InChI=1S/C14H22N2O3S/c1-3-4-11-7-8-16(10-11)20(17,18)14-9-12(15)5-6-13(14)19-2/h5-6,9,11H,3-4,7-8,10,15H2,1-2H3. The molecule has 0 aromatic heterocycles. The Bertz CT molecular complexity index is 572. The molecule has 0 amide bonds. The van der Waals surface area contributed by atoms with Crippen molar-refractivity contribution in [2.75, 3.05) is 25.9 Å². The third-order valence-corrected chi connectivity index (χ3v) is 5.64. The van der Waals surface area contributed by atoms with Gasteiger partial charge < -0.3 is 10.5 Å². The lowest BCUT2D eigenvalue weighted by atomic mass is 10.0. The summed E-state index contributed by atoms with van der Waals surface area (Å²) in [5, 5.41) is 0. The zero-order chi connectivity index (χ0) is 14.8. The first-order valence-electron chi connectivity index (χ1n) is 6.92. The Labute approximate surface area is 120 Å². The van der Waals surface area contributed by atoms with E-state index in [0.29, 0.717) is 30.4 Å². The number of anilines is 1. The topological polar surface area (TPSA) is 72.6 Å². The van der Waals surface area contributed by atoms with Crippen LogP contribution in [0.4, 0.5) is 5.69 Å². The molecule has 1 saturated heterocycles. The average Bonchev–Trinajstić information content (AvgIpc) is 2.88. The molecule has 6 heteroatoms. The van der Waals surface area contributed by atoms with Gasteiger partial charge in [0.1, 0.15) is 10.6 Å². The van der Waals surface area contributed by atoms with Crippen LogP contribution in [0.15, 0.2) is 23.1 Å². The highest BCUT2D eigenvalue weighted by Crippen LogP contribution is 2.32. The predicted molar refractivity (Wildman–Crippen MR) is 79.2 cm³/mol. The van der Waals surface area contributed by atoms with Crippen molar-refractivity contribution < 1.29 is 13.2 Å². The minimum atomic E-state index is -3.53. The maximum Gasteiger partial charge on any atom is 0.246 e. The fraction of sp³-hybridized carbons (Fsp3) is 0.571. The number of ether oxygens (including phenoxy) is 1. The second-order valence-corrected chi connectivity index (χ2v) is 7.12. The fourth-order valence-corrected chi connectivity index (χ4v) is 4.41. The van der Waals surface area contributed by atoms with Crippen molar-refractivity contribution in [2.24, 2.45) is 5.92 Å². The van der Waals surface area contributed by atoms with Gasteiger partial charge in [0.25, 0.3) is 0 Å². The zero-order valence-electron chi connectivity index (χ0n) is 12.0. The molecule has 112 valence electrons. The average molecular weight is 298 g/mol. The second-order valence-electron chi connectivity index (χ2n) is 5.22. The van der Waals surface area contributed by atoms with E-state index in [4.69, 9.17) is 10.5 Å². The highest BCUT2D eigenvalue weighted by Gasteiger charge is 2.33. The van der Waals surface area contributed by atoms with Crippen LogP contribution in [0.2, 0.25) is 0 Å². The Morgan fingerprint density at radius 2 is 2.20 bits per heavy atom. The van der Waals surface area contributed by atoms with Gasteiger partial charge in [-0.05, 0) is 37.0 Å². The SMILES string of the molecule is CCCC1CCN(S(=O)(=O)c2cc(N)ccc2OC)C1. The molecule has 0 radical (unpaired) electrons. The molecule has 0 saturated carbocycles. The van der Waals surface area contributed by atoms with Crippen LogP contribution >= 0.6 is 0 Å². The Morgan fingerprint density at radius 3 is 2.85 bits per heavy atom. The van der Waals surface area contributed by atoms with Gasteiger partial charge in [0.2, 0.25) is 10.0 Å². The van der Waals surface area contributed by atoms with Crippen molar-refractivity contribution in [3.8, 4) is 5.75 Å². The van der Waals surface area contributed by atoms with Crippen LogP contribution in [0.25, 0.3) is 0 Å². The van der Waals surface area contributed by atoms with Gasteiger partial charge in [-0.15, -0.1) is 0 Å². The molecular weight excluding hydrogens is 276 g/mol. The van der Waals surface area contributed by atoms with Crippen molar-refractivity contribution >= 4 is 15.7 Å². The lowest BCUT2D eigenvalue weighted by molar-refractivity contribution is 0.396. The summed E-state index contributed by atoms with van der Waals surface area (Å²) >= 11 is 0.